The predicted molar refractivity (Wildman–Crippen MR) is 132 cm³/mol. The molecule has 34 heavy (non-hydrogen) atoms. The van der Waals surface area contributed by atoms with Gasteiger partial charge in [0.25, 0.3) is 10.0 Å². The van der Waals surface area contributed by atoms with Crippen LogP contribution in [0.4, 0.5) is 11.5 Å². The number of nitrogens with two attached hydrogens (primary N) is 1. The number of carbonyl (C=O) groups is 1. The van der Waals surface area contributed by atoms with Crippen molar-refractivity contribution < 1.29 is 13.2 Å². The van der Waals surface area contributed by atoms with Gasteiger partial charge >= 0.3 is 0 Å². The van der Waals surface area contributed by atoms with Crippen molar-refractivity contribution in [2.45, 2.75) is 36.6 Å². The minimum Gasteiger partial charge on any atom is -0.383 e. The summed E-state index contributed by atoms with van der Waals surface area (Å²) in [6.07, 6.45) is 7.49. The van der Waals surface area contributed by atoms with E-state index in [1.54, 1.807) is 36.5 Å². The van der Waals surface area contributed by atoms with Crippen molar-refractivity contribution in [2.75, 3.05) is 10.5 Å². The summed E-state index contributed by atoms with van der Waals surface area (Å²) in [6.45, 7) is 0. The molecule has 174 valence electrons. The quantitative estimate of drug-likeness (QED) is 0.370. The van der Waals surface area contributed by atoms with Crippen LogP contribution in [-0.2, 0) is 10.0 Å². The van der Waals surface area contributed by atoms with Gasteiger partial charge in [-0.2, -0.15) is 0 Å². The number of carbonyl (C=O) groups excluding carboxylic acids is 1. The van der Waals surface area contributed by atoms with Gasteiger partial charge in [0, 0.05) is 23.5 Å². The number of nitrogens with zero attached hydrogens (tertiary/aromatic N) is 3. The molecular formula is C24H22ClN5O3S. The van der Waals surface area contributed by atoms with Crippen LogP contribution in [0, 0.1) is 0 Å². The molecule has 2 aromatic carbocycles. The number of nitrogens with one attached hydrogen (secondary N) is 1. The molecule has 0 bridgehead atoms. The second kappa shape index (κ2) is 8.73. The number of fused-ring (bicyclic) bond motifs is 1. The summed E-state index contributed by atoms with van der Waals surface area (Å²) < 4.78 is 30.2. The van der Waals surface area contributed by atoms with Gasteiger partial charge in [-0.05, 0) is 37.1 Å². The monoisotopic (exact) mass is 495 g/mol. The lowest BCUT2D eigenvalue weighted by Crippen LogP contribution is -2.14. The Kier molecular flexibility index (Phi) is 5.75. The summed E-state index contributed by atoms with van der Waals surface area (Å²) in [6, 6.07) is 12.7. The summed E-state index contributed by atoms with van der Waals surface area (Å²) in [4.78, 5) is 22.0. The summed E-state index contributed by atoms with van der Waals surface area (Å²) in [7, 11) is -3.94. The largest absolute Gasteiger partial charge is 0.383 e. The fraction of sp³-hybridized carbons (Fsp3) is 0.208. The number of sulfonamides is 1. The highest BCUT2D eigenvalue weighted by Gasteiger charge is 2.26. The van der Waals surface area contributed by atoms with Crippen molar-refractivity contribution in [1.82, 2.24) is 14.5 Å². The molecule has 1 saturated carbocycles. The molecule has 2 heterocycles. The average molecular weight is 496 g/mol. The number of rotatable bonds is 6. The number of benzene rings is 2. The van der Waals surface area contributed by atoms with E-state index < -0.39 is 10.0 Å². The molecule has 0 aliphatic heterocycles. The highest BCUT2D eigenvalue weighted by Crippen LogP contribution is 2.35. The molecule has 0 amide bonds. The Bertz CT molecular complexity index is 1510. The first-order valence-electron chi connectivity index (χ1n) is 10.9. The van der Waals surface area contributed by atoms with Gasteiger partial charge in [0.1, 0.15) is 22.7 Å². The van der Waals surface area contributed by atoms with E-state index in [9.17, 15) is 13.2 Å². The topological polar surface area (TPSA) is 120 Å². The van der Waals surface area contributed by atoms with Gasteiger partial charge in [0.05, 0.1) is 16.0 Å². The van der Waals surface area contributed by atoms with Crippen LogP contribution in [0.15, 0.2) is 66.0 Å². The summed E-state index contributed by atoms with van der Waals surface area (Å²) in [5, 5.41) is 0.624. The highest BCUT2D eigenvalue weighted by atomic mass is 35.5. The lowest BCUT2D eigenvalue weighted by molar-refractivity contribution is 0.104. The number of nitrogen functional groups attached to an aromatic ring is 1. The zero-order chi connectivity index (χ0) is 23.9. The van der Waals surface area contributed by atoms with Crippen LogP contribution in [0.2, 0.25) is 5.02 Å². The highest BCUT2D eigenvalue weighted by molar-refractivity contribution is 7.92. The number of hydrogen-bond acceptors (Lipinski definition) is 6. The van der Waals surface area contributed by atoms with Crippen molar-refractivity contribution in [3.8, 4) is 0 Å². The number of anilines is 2. The standard InChI is InChI=1S/C24H22ClN5O3S/c25-19-10-3-4-11-20(19)34(32,33)29-16-7-5-6-15(12-16)22(31)18-13-30(17-8-1-2-9-17)24-21(18)23(26)27-14-28-24/h3-7,10-14,17,29H,1-2,8-9H2,(H2,26,27,28). The van der Waals surface area contributed by atoms with E-state index in [-0.39, 0.29) is 33.2 Å². The first-order valence-corrected chi connectivity index (χ1v) is 12.7. The average Bonchev–Trinajstić information content (AvgIpc) is 3.47. The lowest BCUT2D eigenvalue weighted by Gasteiger charge is -2.12. The van der Waals surface area contributed by atoms with E-state index in [2.05, 4.69) is 14.7 Å². The lowest BCUT2D eigenvalue weighted by atomic mass is 10.0. The first kappa shape index (κ1) is 22.4. The zero-order valence-electron chi connectivity index (χ0n) is 18.1. The van der Waals surface area contributed by atoms with Gasteiger partial charge in [0.2, 0.25) is 0 Å². The Morgan fingerprint density at radius 2 is 1.85 bits per heavy atom. The minimum atomic E-state index is -3.94. The van der Waals surface area contributed by atoms with E-state index in [4.69, 9.17) is 17.3 Å². The fourth-order valence-electron chi connectivity index (χ4n) is 4.49. The summed E-state index contributed by atoms with van der Waals surface area (Å²) in [5.41, 5.74) is 7.75. The molecule has 10 heteroatoms. The van der Waals surface area contributed by atoms with Gasteiger partial charge in [-0.15, -0.1) is 0 Å². The maximum absolute atomic E-state index is 13.6. The van der Waals surface area contributed by atoms with Gasteiger partial charge in [-0.3, -0.25) is 9.52 Å². The summed E-state index contributed by atoms with van der Waals surface area (Å²) >= 11 is 6.06. The fourth-order valence-corrected chi connectivity index (χ4v) is 6.06. The number of aromatic nitrogens is 3. The second-order valence-corrected chi connectivity index (χ2v) is 10.3. The van der Waals surface area contributed by atoms with Crippen molar-refractivity contribution >= 4 is 49.9 Å². The zero-order valence-corrected chi connectivity index (χ0v) is 19.7. The van der Waals surface area contributed by atoms with E-state index >= 15 is 0 Å². The number of hydrogen-bond donors (Lipinski definition) is 2. The molecule has 0 unspecified atom stereocenters. The van der Waals surface area contributed by atoms with Crippen molar-refractivity contribution in [3.05, 3.63) is 77.2 Å². The SMILES string of the molecule is Nc1ncnc2c1c(C(=O)c1cccc(NS(=O)(=O)c3ccccc3Cl)c1)cn2C1CCCC1. The van der Waals surface area contributed by atoms with Gasteiger partial charge < -0.3 is 10.3 Å². The predicted octanol–water partition coefficient (Wildman–Crippen LogP) is 4.81. The van der Waals surface area contributed by atoms with Crippen molar-refractivity contribution in [1.29, 1.82) is 0 Å². The van der Waals surface area contributed by atoms with Crippen LogP contribution < -0.4 is 10.5 Å². The van der Waals surface area contributed by atoms with Crippen LogP contribution in [0.1, 0.15) is 47.6 Å². The summed E-state index contributed by atoms with van der Waals surface area (Å²) in [5.74, 6) is -0.0530. The third-order valence-corrected chi connectivity index (χ3v) is 7.99. The minimum absolute atomic E-state index is 0.0436. The van der Waals surface area contributed by atoms with E-state index in [1.165, 1.54) is 24.5 Å². The van der Waals surface area contributed by atoms with E-state index in [1.807, 2.05) is 4.57 Å². The van der Waals surface area contributed by atoms with Gasteiger partial charge in [-0.25, -0.2) is 18.4 Å². The van der Waals surface area contributed by atoms with Gasteiger partial charge in [0.15, 0.2) is 5.78 Å². The Balaban J connectivity index is 1.52. The van der Waals surface area contributed by atoms with Crippen LogP contribution in [0.5, 0.6) is 0 Å². The molecular weight excluding hydrogens is 474 g/mol. The van der Waals surface area contributed by atoms with Crippen molar-refractivity contribution in [2.24, 2.45) is 0 Å². The first-order chi connectivity index (χ1) is 16.3. The molecule has 8 nitrogen and oxygen atoms in total. The van der Waals surface area contributed by atoms with E-state index in [0.717, 1.165) is 25.7 Å². The Morgan fingerprint density at radius 1 is 1.09 bits per heavy atom. The number of ketones is 1. The third-order valence-electron chi connectivity index (χ3n) is 6.10. The Hall–Kier alpha value is -3.43. The molecule has 5 rings (SSSR count). The number of halogens is 1. The maximum atomic E-state index is 13.6. The van der Waals surface area contributed by atoms with Crippen LogP contribution in [0.3, 0.4) is 0 Å². The van der Waals surface area contributed by atoms with Gasteiger partial charge in [-0.1, -0.05) is 48.7 Å². The molecule has 0 saturated heterocycles. The second-order valence-electron chi connectivity index (χ2n) is 8.29. The molecule has 0 spiro atoms. The molecule has 4 aromatic rings. The van der Waals surface area contributed by atoms with Crippen LogP contribution in [0.25, 0.3) is 11.0 Å². The maximum Gasteiger partial charge on any atom is 0.263 e. The molecule has 2 aromatic heterocycles. The normalized spacial score (nSPS) is 14.5. The Labute approximate surface area is 201 Å². The third kappa shape index (κ3) is 4.01. The molecule has 1 fully saturated rings. The molecule has 1 aliphatic carbocycles. The molecule has 1 aliphatic rings. The van der Waals surface area contributed by atoms with Crippen LogP contribution in [-0.4, -0.2) is 28.7 Å². The molecule has 3 N–H and O–H groups in total. The van der Waals surface area contributed by atoms with Crippen molar-refractivity contribution in [3.63, 3.8) is 0 Å². The Morgan fingerprint density at radius 3 is 2.62 bits per heavy atom. The molecule has 0 radical (unpaired) electrons. The smallest absolute Gasteiger partial charge is 0.263 e. The van der Waals surface area contributed by atoms with Crippen LogP contribution >= 0.6 is 11.6 Å². The molecule has 0 atom stereocenters. The van der Waals surface area contributed by atoms with E-state index in [0.29, 0.717) is 22.2 Å².